The van der Waals surface area contributed by atoms with Gasteiger partial charge in [-0.15, -0.1) is 0 Å². The van der Waals surface area contributed by atoms with Crippen molar-refractivity contribution in [1.82, 2.24) is 9.78 Å². The van der Waals surface area contributed by atoms with Crippen LogP contribution in [0, 0.1) is 3.57 Å². The zero-order chi connectivity index (χ0) is 8.43. The molecule has 0 spiro atoms. The highest BCUT2D eigenvalue weighted by atomic mass is 127. The Balaban J connectivity index is 3.03. The number of ether oxygens (including phenoxy) is 1. The number of rotatable bonds is 1. The molecule has 0 fully saturated rings. The van der Waals surface area contributed by atoms with E-state index in [1.54, 1.807) is 17.9 Å². The second-order valence-corrected chi connectivity index (χ2v) is 3.15. The number of carbonyl (C=O) groups excluding carboxylic acids is 1. The van der Waals surface area contributed by atoms with Gasteiger partial charge < -0.3 is 4.74 Å². The minimum Gasteiger partial charge on any atom is -0.464 e. The summed E-state index contributed by atoms with van der Waals surface area (Å²) in [6.45, 7) is 0. The van der Waals surface area contributed by atoms with Crippen LogP contribution in [0.4, 0.5) is 0 Å². The first-order chi connectivity index (χ1) is 5.15. The van der Waals surface area contributed by atoms with Crippen LogP contribution in [0.1, 0.15) is 10.5 Å². The Morgan fingerprint density at radius 1 is 1.82 bits per heavy atom. The standard InChI is InChI=1S/C6H7IN2O2/c1-9-3-4(7)5(8-9)6(10)11-2/h3H,1-2H3. The Bertz CT molecular complexity index is 282. The predicted molar refractivity (Wildman–Crippen MR) is 47.3 cm³/mol. The van der Waals surface area contributed by atoms with Gasteiger partial charge in [0.05, 0.1) is 10.7 Å². The number of carbonyl (C=O) groups is 1. The molecular weight excluding hydrogens is 259 g/mol. The fraction of sp³-hybridized carbons (Fsp3) is 0.333. The number of methoxy groups -OCH3 is 1. The molecule has 0 saturated heterocycles. The highest BCUT2D eigenvalue weighted by molar-refractivity contribution is 14.1. The predicted octanol–water partition coefficient (Wildman–Crippen LogP) is 0.811. The van der Waals surface area contributed by atoms with E-state index in [0.29, 0.717) is 5.69 Å². The highest BCUT2D eigenvalue weighted by Crippen LogP contribution is 2.09. The maximum Gasteiger partial charge on any atom is 0.359 e. The van der Waals surface area contributed by atoms with Gasteiger partial charge in [-0.3, -0.25) is 4.68 Å². The lowest BCUT2D eigenvalue weighted by Gasteiger charge is -1.92. The Kier molecular flexibility index (Phi) is 2.48. The van der Waals surface area contributed by atoms with Gasteiger partial charge in [-0.25, -0.2) is 4.79 Å². The van der Waals surface area contributed by atoms with Crippen LogP contribution in [-0.2, 0) is 11.8 Å². The van der Waals surface area contributed by atoms with Crippen molar-refractivity contribution in [3.63, 3.8) is 0 Å². The third kappa shape index (κ3) is 1.70. The van der Waals surface area contributed by atoms with Gasteiger partial charge >= 0.3 is 5.97 Å². The number of aromatic nitrogens is 2. The summed E-state index contributed by atoms with van der Waals surface area (Å²) in [6, 6.07) is 0. The summed E-state index contributed by atoms with van der Waals surface area (Å²) in [5.41, 5.74) is 0.371. The maximum absolute atomic E-state index is 10.9. The lowest BCUT2D eigenvalue weighted by atomic mass is 10.4. The molecule has 4 nitrogen and oxygen atoms in total. The van der Waals surface area contributed by atoms with E-state index in [9.17, 15) is 4.79 Å². The van der Waals surface area contributed by atoms with E-state index in [-0.39, 0.29) is 0 Å². The van der Waals surface area contributed by atoms with E-state index in [1.165, 1.54) is 7.11 Å². The van der Waals surface area contributed by atoms with Crippen molar-refractivity contribution in [2.75, 3.05) is 7.11 Å². The van der Waals surface area contributed by atoms with Crippen LogP contribution in [0.15, 0.2) is 6.20 Å². The molecule has 0 saturated carbocycles. The lowest BCUT2D eigenvalue weighted by molar-refractivity contribution is 0.0592. The SMILES string of the molecule is COC(=O)c1nn(C)cc1I. The van der Waals surface area contributed by atoms with E-state index in [1.807, 2.05) is 22.6 Å². The molecular formula is C6H7IN2O2. The van der Waals surface area contributed by atoms with Crippen molar-refractivity contribution < 1.29 is 9.53 Å². The largest absolute Gasteiger partial charge is 0.464 e. The summed E-state index contributed by atoms with van der Waals surface area (Å²) in [5, 5.41) is 3.92. The van der Waals surface area contributed by atoms with Gasteiger partial charge in [0.2, 0.25) is 0 Å². The van der Waals surface area contributed by atoms with E-state index in [4.69, 9.17) is 0 Å². The minimum absolute atomic E-state index is 0.371. The summed E-state index contributed by atoms with van der Waals surface area (Å²) >= 11 is 2.04. The molecule has 0 atom stereocenters. The van der Waals surface area contributed by atoms with Gasteiger partial charge in [-0.2, -0.15) is 5.10 Å². The van der Waals surface area contributed by atoms with Gasteiger partial charge in [-0.05, 0) is 22.6 Å². The molecule has 0 N–H and O–H groups in total. The zero-order valence-electron chi connectivity index (χ0n) is 6.17. The Hall–Kier alpha value is -0.590. The van der Waals surface area contributed by atoms with E-state index < -0.39 is 5.97 Å². The fourth-order valence-corrected chi connectivity index (χ4v) is 1.43. The van der Waals surface area contributed by atoms with Gasteiger partial charge in [0.1, 0.15) is 0 Å². The molecule has 0 radical (unpaired) electrons. The van der Waals surface area contributed by atoms with Crippen LogP contribution in [0.5, 0.6) is 0 Å². The topological polar surface area (TPSA) is 44.1 Å². The van der Waals surface area contributed by atoms with Crippen LogP contribution in [0.3, 0.4) is 0 Å². The number of hydrogen-bond donors (Lipinski definition) is 0. The van der Waals surface area contributed by atoms with Crippen LogP contribution < -0.4 is 0 Å². The quantitative estimate of drug-likeness (QED) is 0.558. The van der Waals surface area contributed by atoms with Gasteiger partial charge in [0.25, 0.3) is 0 Å². The molecule has 0 unspecified atom stereocenters. The number of aryl methyl sites for hydroxylation is 1. The van der Waals surface area contributed by atoms with Crippen LogP contribution in [0.2, 0.25) is 0 Å². The van der Waals surface area contributed by atoms with Crippen molar-refractivity contribution in [2.45, 2.75) is 0 Å². The summed E-state index contributed by atoms with van der Waals surface area (Å²) in [7, 11) is 3.10. The van der Waals surface area contributed by atoms with Crippen molar-refractivity contribution >= 4 is 28.6 Å². The fourth-order valence-electron chi connectivity index (χ4n) is 0.695. The third-order valence-corrected chi connectivity index (χ3v) is 1.95. The molecule has 0 aliphatic heterocycles. The molecule has 60 valence electrons. The molecule has 0 aliphatic rings. The van der Waals surface area contributed by atoms with Gasteiger partial charge in [0.15, 0.2) is 5.69 Å². The number of hydrogen-bond acceptors (Lipinski definition) is 3. The van der Waals surface area contributed by atoms with E-state index >= 15 is 0 Å². The zero-order valence-corrected chi connectivity index (χ0v) is 8.32. The second-order valence-electron chi connectivity index (χ2n) is 1.99. The molecule has 1 heterocycles. The van der Waals surface area contributed by atoms with Crippen molar-refractivity contribution in [3.05, 3.63) is 15.5 Å². The Morgan fingerprint density at radius 3 is 2.82 bits per heavy atom. The van der Waals surface area contributed by atoms with Crippen LogP contribution in [0.25, 0.3) is 0 Å². The van der Waals surface area contributed by atoms with Crippen LogP contribution >= 0.6 is 22.6 Å². The normalized spacial score (nSPS) is 9.73. The van der Waals surface area contributed by atoms with Crippen molar-refractivity contribution in [2.24, 2.45) is 7.05 Å². The number of halogens is 1. The molecule has 1 aromatic rings. The monoisotopic (exact) mass is 266 g/mol. The molecule has 5 heteroatoms. The smallest absolute Gasteiger partial charge is 0.359 e. The highest BCUT2D eigenvalue weighted by Gasteiger charge is 2.13. The average Bonchev–Trinajstić information content (AvgIpc) is 2.28. The third-order valence-electron chi connectivity index (χ3n) is 1.16. The molecule has 0 amide bonds. The summed E-state index contributed by atoms with van der Waals surface area (Å²) in [4.78, 5) is 10.9. The molecule has 1 rings (SSSR count). The van der Waals surface area contributed by atoms with Gasteiger partial charge in [-0.1, -0.05) is 0 Å². The summed E-state index contributed by atoms with van der Waals surface area (Å²) in [6.07, 6.45) is 1.76. The van der Waals surface area contributed by atoms with Crippen molar-refractivity contribution in [3.8, 4) is 0 Å². The lowest BCUT2D eigenvalue weighted by Crippen LogP contribution is -2.04. The molecule has 0 bridgehead atoms. The first-order valence-corrected chi connectivity index (χ1v) is 4.00. The molecule has 0 aromatic carbocycles. The Morgan fingerprint density at radius 2 is 2.45 bits per heavy atom. The molecule has 0 aliphatic carbocycles. The number of nitrogens with zero attached hydrogens (tertiary/aromatic N) is 2. The summed E-state index contributed by atoms with van der Waals surface area (Å²) < 4.78 is 6.89. The second kappa shape index (κ2) is 3.21. The van der Waals surface area contributed by atoms with E-state index in [2.05, 4.69) is 9.84 Å². The summed E-state index contributed by atoms with van der Waals surface area (Å²) in [5.74, 6) is -0.394. The average molecular weight is 266 g/mol. The van der Waals surface area contributed by atoms with Crippen LogP contribution in [-0.4, -0.2) is 22.9 Å². The van der Waals surface area contributed by atoms with Gasteiger partial charge in [0, 0.05) is 13.2 Å². The van der Waals surface area contributed by atoms with Crippen molar-refractivity contribution in [1.29, 1.82) is 0 Å². The molecule has 11 heavy (non-hydrogen) atoms. The first-order valence-electron chi connectivity index (χ1n) is 2.92. The number of esters is 1. The Labute approximate surface area is 77.7 Å². The first kappa shape index (κ1) is 8.51. The maximum atomic E-state index is 10.9. The van der Waals surface area contributed by atoms with E-state index in [0.717, 1.165) is 3.57 Å². The molecule has 1 aromatic heterocycles. The minimum atomic E-state index is -0.394.